The van der Waals surface area contributed by atoms with Crippen LogP contribution in [0.15, 0.2) is 0 Å². The van der Waals surface area contributed by atoms with Crippen molar-refractivity contribution >= 4 is 12.0 Å². The summed E-state index contributed by atoms with van der Waals surface area (Å²) in [6.45, 7) is 8.12. The molecule has 1 fully saturated rings. The number of likely N-dealkylation sites (tertiary alicyclic amines) is 1. The van der Waals surface area contributed by atoms with Crippen LogP contribution in [-0.4, -0.2) is 41.6 Å². The quantitative estimate of drug-likeness (QED) is 0.788. The lowest BCUT2D eigenvalue weighted by Gasteiger charge is -2.41. The highest BCUT2D eigenvalue weighted by molar-refractivity contribution is 5.75. The molecule has 1 unspecified atom stereocenters. The van der Waals surface area contributed by atoms with Crippen molar-refractivity contribution < 1.29 is 14.7 Å². The van der Waals surface area contributed by atoms with E-state index in [-0.39, 0.29) is 24.4 Å². The molecule has 1 saturated heterocycles. The first-order valence-corrected chi connectivity index (χ1v) is 6.05. The number of carboxylic acids is 1. The van der Waals surface area contributed by atoms with Crippen LogP contribution < -0.4 is 5.32 Å². The molecule has 17 heavy (non-hydrogen) atoms. The number of piperidine rings is 1. The minimum Gasteiger partial charge on any atom is -0.481 e. The first-order chi connectivity index (χ1) is 7.80. The molecule has 0 radical (unpaired) electrons. The Hall–Kier alpha value is -1.26. The minimum absolute atomic E-state index is 0.0292. The fourth-order valence-corrected chi connectivity index (χ4v) is 2.57. The molecule has 2 N–H and O–H groups in total. The largest absolute Gasteiger partial charge is 0.481 e. The standard InChI is InChI=1S/C12H22N2O3/c1-9-6-12(2,3)8-14(7-9)11(17)13-5-4-10(15)16/h9H,4-8H2,1-3H3,(H,13,17)(H,15,16). The van der Waals surface area contributed by atoms with Crippen LogP contribution in [0.25, 0.3) is 0 Å². The SMILES string of the molecule is CC1CN(C(=O)NCCC(=O)O)CC(C)(C)C1. The molecule has 0 bridgehead atoms. The van der Waals surface area contributed by atoms with Crippen LogP contribution in [0.4, 0.5) is 4.79 Å². The Labute approximate surface area is 102 Å². The topological polar surface area (TPSA) is 69.6 Å². The Morgan fingerprint density at radius 2 is 2.12 bits per heavy atom. The van der Waals surface area contributed by atoms with Gasteiger partial charge in [0.05, 0.1) is 6.42 Å². The van der Waals surface area contributed by atoms with Crippen LogP contribution >= 0.6 is 0 Å². The molecular formula is C12H22N2O3. The third kappa shape index (κ3) is 4.63. The van der Waals surface area contributed by atoms with Gasteiger partial charge in [0, 0.05) is 19.6 Å². The van der Waals surface area contributed by atoms with E-state index < -0.39 is 5.97 Å². The molecule has 5 heteroatoms. The summed E-state index contributed by atoms with van der Waals surface area (Å²) in [5.41, 5.74) is 0.141. The number of carbonyl (C=O) groups excluding carboxylic acids is 1. The monoisotopic (exact) mass is 242 g/mol. The molecule has 98 valence electrons. The van der Waals surface area contributed by atoms with Gasteiger partial charge < -0.3 is 15.3 Å². The molecule has 1 aliphatic rings. The Balaban J connectivity index is 2.43. The lowest BCUT2D eigenvalue weighted by molar-refractivity contribution is -0.136. The van der Waals surface area contributed by atoms with Crippen molar-refractivity contribution in [3.8, 4) is 0 Å². The average Bonchev–Trinajstić information content (AvgIpc) is 2.13. The number of hydrogen-bond donors (Lipinski definition) is 2. The molecule has 0 aromatic rings. The number of amides is 2. The van der Waals surface area contributed by atoms with Gasteiger partial charge in [-0.3, -0.25) is 4.79 Å². The summed E-state index contributed by atoms with van der Waals surface area (Å²) in [6, 6.07) is -0.147. The number of hydrogen-bond acceptors (Lipinski definition) is 2. The van der Waals surface area contributed by atoms with Gasteiger partial charge in [-0.2, -0.15) is 0 Å². The van der Waals surface area contributed by atoms with Crippen molar-refractivity contribution in [2.24, 2.45) is 11.3 Å². The number of carboxylic acid groups (broad SMARTS) is 1. The molecule has 0 aliphatic carbocycles. The first-order valence-electron chi connectivity index (χ1n) is 6.05. The van der Waals surface area contributed by atoms with E-state index in [2.05, 4.69) is 26.1 Å². The maximum Gasteiger partial charge on any atom is 0.317 e. The second kappa shape index (κ2) is 5.38. The summed E-state index contributed by atoms with van der Waals surface area (Å²) in [5, 5.41) is 11.1. The molecule has 0 aromatic heterocycles. The Kier molecular flexibility index (Phi) is 4.37. The summed E-state index contributed by atoms with van der Waals surface area (Å²) in [7, 11) is 0. The van der Waals surface area contributed by atoms with Gasteiger partial charge in [-0.25, -0.2) is 4.79 Å². The lowest BCUT2D eigenvalue weighted by atomic mass is 9.79. The number of rotatable bonds is 3. The Bertz CT molecular complexity index is 302. The third-order valence-corrected chi connectivity index (χ3v) is 2.95. The highest BCUT2D eigenvalue weighted by atomic mass is 16.4. The van der Waals surface area contributed by atoms with Gasteiger partial charge in [-0.15, -0.1) is 0 Å². The fraction of sp³-hybridized carbons (Fsp3) is 0.833. The number of nitrogens with zero attached hydrogens (tertiary/aromatic N) is 1. The molecule has 5 nitrogen and oxygen atoms in total. The van der Waals surface area contributed by atoms with Crippen LogP contribution in [0, 0.1) is 11.3 Å². The van der Waals surface area contributed by atoms with Crippen LogP contribution in [0.2, 0.25) is 0 Å². The Morgan fingerprint density at radius 3 is 2.65 bits per heavy atom. The Morgan fingerprint density at radius 1 is 1.47 bits per heavy atom. The summed E-state index contributed by atoms with van der Waals surface area (Å²) in [4.78, 5) is 24.0. The van der Waals surface area contributed by atoms with Gasteiger partial charge in [-0.05, 0) is 17.8 Å². The third-order valence-electron chi connectivity index (χ3n) is 2.95. The molecule has 0 spiro atoms. The normalized spacial score (nSPS) is 23.2. The molecule has 0 saturated carbocycles. The second-order valence-corrected chi connectivity index (χ2v) is 5.73. The van der Waals surface area contributed by atoms with E-state index in [4.69, 9.17) is 5.11 Å². The van der Waals surface area contributed by atoms with E-state index in [1.165, 1.54) is 0 Å². The van der Waals surface area contributed by atoms with E-state index in [1.54, 1.807) is 4.90 Å². The van der Waals surface area contributed by atoms with Crippen LogP contribution in [0.1, 0.15) is 33.6 Å². The van der Waals surface area contributed by atoms with Crippen LogP contribution in [0.5, 0.6) is 0 Å². The first kappa shape index (κ1) is 13.8. The van der Waals surface area contributed by atoms with E-state index in [1.807, 2.05) is 0 Å². The highest BCUT2D eigenvalue weighted by Crippen LogP contribution is 2.31. The molecule has 2 amide bonds. The van der Waals surface area contributed by atoms with E-state index >= 15 is 0 Å². The maximum absolute atomic E-state index is 11.8. The predicted molar refractivity (Wildman–Crippen MR) is 64.8 cm³/mol. The van der Waals surface area contributed by atoms with Crippen molar-refractivity contribution in [3.63, 3.8) is 0 Å². The zero-order chi connectivity index (χ0) is 13.1. The molecule has 1 heterocycles. The van der Waals surface area contributed by atoms with E-state index in [0.29, 0.717) is 5.92 Å². The minimum atomic E-state index is -0.891. The summed E-state index contributed by atoms with van der Waals surface area (Å²) in [6.07, 6.45) is 1.09. The molecule has 1 aliphatic heterocycles. The van der Waals surface area contributed by atoms with Crippen molar-refractivity contribution in [1.29, 1.82) is 0 Å². The van der Waals surface area contributed by atoms with Gasteiger partial charge in [0.2, 0.25) is 0 Å². The number of urea groups is 1. The fourth-order valence-electron chi connectivity index (χ4n) is 2.57. The van der Waals surface area contributed by atoms with Crippen molar-refractivity contribution in [3.05, 3.63) is 0 Å². The predicted octanol–water partition coefficient (Wildman–Crippen LogP) is 1.54. The van der Waals surface area contributed by atoms with Crippen LogP contribution in [0.3, 0.4) is 0 Å². The highest BCUT2D eigenvalue weighted by Gasteiger charge is 2.32. The van der Waals surface area contributed by atoms with Crippen molar-refractivity contribution in [2.75, 3.05) is 19.6 Å². The van der Waals surface area contributed by atoms with Gasteiger partial charge >= 0.3 is 12.0 Å². The summed E-state index contributed by atoms with van der Waals surface area (Å²) >= 11 is 0. The zero-order valence-corrected chi connectivity index (χ0v) is 10.8. The number of aliphatic carboxylic acids is 1. The van der Waals surface area contributed by atoms with Gasteiger partial charge in [0.15, 0.2) is 0 Å². The summed E-state index contributed by atoms with van der Waals surface area (Å²) < 4.78 is 0. The molecular weight excluding hydrogens is 220 g/mol. The van der Waals surface area contributed by atoms with E-state index in [0.717, 1.165) is 19.5 Å². The van der Waals surface area contributed by atoms with E-state index in [9.17, 15) is 9.59 Å². The van der Waals surface area contributed by atoms with Gasteiger partial charge in [0.1, 0.15) is 0 Å². The maximum atomic E-state index is 11.8. The zero-order valence-electron chi connectivity index (χ0n) is 10.8. The van der Waals surface area contributed by atoms with Gasteiger partial charge in [0.25, 0.3) is 0 Å². The van der Waals surface area contributed by atoms with Crippen molar-refractivity contribution in [1.82, 2.24) is 10.2 Å². The number of nitrogens with one attached hydrogen (secondary N) is 1. The van der Waals surface area contributed by atoms with Gasteiger partial charge in [-0.1, -0.05) is 20.8 Å². The van der Waals surface area contributed by atoms with Crippen LogP contribution in [-0.2, 0) is 4.79 Å². The average molecular weight is 242 g/mol. The number of carbonyl (C=O) groups is 2. The second-order valence-electron chi connectivity index (χ2n) is 5.73. The smallest absolute Gasteiger partial charge is 0.317 e. The molecule has 1 atom stereocenters. The lowest BCUT2D eigenvalue weighted by Crippen LogP contribution is -2.50. The molecule has 0 aromatic carbocycles. The summed E-state index contributed by atoms with van der Waals surface area (Å²) in [5.74, 6) is -0.401. The van der Waals surface area contributed by atoms with Crippen molar-refractivity contribution in [2.45, 2.75) is 33.6 Å². The molecule has 1 rings (SSSR count).